The number of benzene rings is 1. The van der Waals surface area contributed by atoms with Crippen molar-refractivity contribution in [1.29, 1.82) is 0 Å². The van der Waals surface area contributed by atoms with E-state index in [0.29, 0.717) is 16.8 Å². The Kier molecular flexibility index (Phi) is 4.13. The fraction of sp³-hybridized carbons (Fsp3) is 0.318. The van der Waals surface area contributed by atoms with Crippen molar-refractivity contribution in [2.75, 3.05) is 20.1 Å². The van der Waals surface area contributed by atoms with Crippen LogP contribution >= 0.6 is 0 Å². The Morgan fingerprint density at radius 2 is 2.03 bits per heavy atom. The molecule has 1 aromatic carbocycles. The Morgan fingerprint density at radius 3 is 2.83 bits per heavy atom. The minimum atomic E-state index is -0.416. The lowest BCUT2D eigenvalue weighted by Gasteiger charge is -2.14. The normalized spacial score (nSPS) is 17.4. The van der Waals surface area contributed by atoms with Crippen LogP contribution in [0, 0.1) is 13.8 Å². The van der Waals surface area contributed by atoms with E-state index in [-0.39, 0.29) is 6.10 Å². The largest absolute Gasteiger partial charge is 0.489 e. The standard InChI is InChI=1S/C22H22N4O3/c1-13-10-26-12-19(24-21(26)14(2)23-13)18-8-15-4-5-16(9-20(15)29-22(18)27)28-17-6-7-25(3)11-17/h4-5,8-10,12,17H,6-7,11H2,1-3H3. The molecule has 148 valence electrons. The Balaban J connectivity index is 1.52. The third-order valence-corrected chi connectivity index (χ3v) is 5.36. The van der Waals surface area contributed by atoms with E-state index in [0.717, 1.165) is 47.7 Å². The highest BCUT2D eigenvalue weighted by atomic mass is 16.5. The van der Waals surface area contributed by atoms with E-state index in [4.69, 9.17) is 9.15 Å². The van der Waals surface area contributed by atoms with Gasteiger partial charge in [-0.3, -0.25) is 4.98 Å². The van der Waals surface area contributed by atoms with Crippen LogP contribution in [0.25, 0.3) is 27.9 Å². The number of hydrogen-bond donors (Lipinski definition) is 0. The van der Waals surface area contributed by atoms with Gasteiger partial charge in [0, 0.05) is 36.9 Å². The summed E-state index contributed by atoms with van der Waals surface area (Å²) < 4.78 is 13.6. The molecule has 0 bridgehead atoms. The first-order valence-corrected chi connectivity index (χ1v) is 9.73. The van der Waals surface area contributed by atoms with Gasteiger partial charge in [0.15, 0.2) is 5.65 Å². The second kappa shape index (κ2) is 6.70. The van der Waals surface area contributed by atoms with Crippen molar-refractivity contribution in [2.24, 2.45) is 0 Å². The molecule has 7 heteroatoms. The highest BCUT2D eigenvalue weighted by molar-refractivity contribution is 5.82. The Bertz CT molecular complexity index is 1290. The molecule has 1 unspecified atom stereocenters. The first-order valence-electron chi connectivity index (χ1n) is 9.73. The van der Waals surface area contributed by atoms with E-state index in [1.54, 1.807) is 6.07 Å². The van der Waals surface area contributed by atoms with E-state index in [1.165, 1.54) is 0 Å². The van der Waals surface area contributed by atoms with Gasteiger partial charge in [-0.25, -0.2) is 9.78 Å². The number of nitrogens with zero attached hydrogens (tertiary/aromatic N) is 4. The molecule has 1 saturated heterocycles. The minimum absolute atomic E-state index is 0.168. The SMILES string of the molecule is Cc1cn2cc(-c3cc4ccc(OC5CCN(C)C5)cc4oc3=O)nc2c(C)n1. The lowest BCUT2D eigenvalue weighted by molar-refractivity contribution is 0.208. The van der Waals surface area contributed by atoms with Crippen molar-refractivity contribution in [3.63, 3.8) is 0 Å². The maximum Gasteiger partial charge on any atom is 0.345 e. The number of rotatable bonds is 3. The maximum atomic E-state index is 12.7. The zero-order chi connectivity index (χ0) is 20.1. The molecule has 1 aliphatic rings. The summed E-state index contributed by atoms with van der Waals surface area (Å²) in [6.45, 7) is 5.78. The van der Waals surface area contributed by atoms with Crippen molar-refractivity contribution in [3.05, 3.63) is 58.5 Å². The van der Waals surface area contributed by atoms with Gasteiger partial charge in [-0.1, -0.05) is 0 Å². The van der Waals surface area contributed by atoms with Crippen molar-refractivity contribution >= 4 is 16.6 Å². The topological polar surface area (TPSA) is 72.9 Å². The molecule has 0 aliphatic carbocycles. The van der Waals surface area contributed by atoms with Gasteiger partial charge in [0.05, 0.1) is 22.6 Å². The zero-order valence-corrected chi connectivity index (χ0v) is 16.7. The zero-order valence-electron chi connectivity index (χ0n) is 16.7. The molecule has 29 heavy (non-hydrogen) atoms. The van der Waals surface area contributed by atoms with Crippen LogP contribution in [0.5, 0.6) is 5.75 Å². The van der Waals surface area contributed by atoms with Gasteiger partial charge in [-0.2, -0.15) is 0 Å². The van der Waals surface area contributed by atoms with Gasteiger partial charge >= 0.3 is 5.63 Å². The fourth-order valence-corrected chi connectivity index (χ4v) is 3.96. The van der Waals surface area contributed by atoms with Gasteiger partial charge in [0.1, 0.15) is 17.4 Å². The first kappa shape index (κ1) is 17.9. The van der Waals surface area contributed by atoms with Crippen LogP contribution in [0.3, 0.4) is 0 Å². The quantitative estimate of drug-likeness (QED) is 0.500. The van der Waals surface area contributed by atoms with Gasteiger partial charge in [0.25, 0.3) is 0 Å². The molecule has 0 amide bonds. The average molecular weight is 390 g/mol. The summed E-state index contributed by atoms with van der Waals surface area (Å²) in [4.78, 5) is 24.0. The van der Waals surface area contributed by atoms with Crippen molar-refractivity contribution in [3.8, 4) is 17.0 Å². The molecule has 1 aliphatic heterocycles. The van der Waals surface area contributed by atoms with Gasteiger partial charge in [-0.15, -0.1) is 0 Å². The molecule has 4 aromatic rings. The third kappa shape index (κ3) is 3.27. The minimum Gasteiger partial charge on any atom is -0.489 e. The summed E-state index contributed by atoms with van der Waals surface area (Å²) in [6, 6.07) is 7.46. The number of likely N-dealkylation sites (N-methyl/N-ethyl adjacent to an activating group) is 1. The summed E-state index contributed by atoms with van der Waals surface area (Å²) in [5, 5.41) is 0.832. The molecule has 4 heterocycles. The molecule has 0 saturated carbocycles. The predicted molar refractivity (Wildman–Crippen MR) is 110 cm³/mol. The smallest absolute Gasteiger partial charge is 0.345 e. The number of imidazole rings is 1. The Labute approximate surface area is 167 Å². The number of fused-ring (bicyclic) bond motifs is 2. The highest BCUT2D eigenvalue weighted by Gasteiger charge is 2.21. The van der Waals surface area contributed by atoms with Crippen LogP contribution in [0.4, 0.5) is 0 Å². The second-order valence-electron chi connectivity index (χ2n) is 7.76. The van der Waals surface area contributed by atoms with E-state index >= 15 is 0 Å². The molecule has 3 aromatic heterocycles. The predicted octanol–water partition coefficient (Wildman–Crippen LogP) is 3.20. The number of aromatic nitrogens is 3. The molecule has 0 N–H and O–H groups in total. The van der Waals surface area contributed by atoms with E-state index in [2.05, 4.69) is 21.9 Å². The van der Waals surface area contributed by atoms with Crippen LogP contribution in [0.2, 0.25) is 0 Å². The lowest BCUT2D eigenvalue weighted by atomic mass is 10.1. The molecule has 5 rings (SSSR count). The van der Waals surface area contributed by atoms with E-state index in [1.807, 2.05) is 48.8 Å². The maximum absolute atomic E-state index is 12.7. The molecule has 1 fully saturated rings. The summed E-state index contributed by atoms with van der Waals surface area (Å²) in [7, 11) is 2.09. The van der Waals surface area contributed by atoms with Crippen molar-refractivity contribution < 1.29 is 9.15 Å². The summed E-state index contributed by atoms with van der Waals surface area (Å²) in [5.41, 5.74) is 3.55. The molecular formula is C22H22N4O3. The second-order valence-corrected chi connectivity index (χ2v) is 7.76. The third-order valence-electron chi connectivity index (χ3n) is 5.36. The summed E-state index contributed by atoms with van der Waals surface area (Å²) >= 11 is 0. The Morgan fingerprint density at radius 1 is 1.17 bits per heavy atom. The van der Waals surface area contributed by atoms with Gasteiger partial charge < -0.3 is 18.5 Å². The number of hydrogen-bond acceptors (Lipinski definition) is 6. The van der Waals surface area contributed by atoms with Crippen molar-refractivity contribution in [2.45, 2.75) is 26.4 Å². The lowest BCUT2D eigenvalue weighted by Crippen LogP contribution is -2.21. The summed E-state index contributed by atoms with van der Waals surface area (Å²) in [6.07, 6.45) is 4.90. The number of ether oxygens (including phenoxy) is 1. The number of aryl methyl sites for hydroxylation is 2. The van der Waals surface area contributed by atoms with Crippen LogP contribution in [0.15, 0.2) is 45.9 Å². The van der Waals surface area contributed by atoms with Crippen LogP contribution in [-0.4, -0.2) is 45.5 Å². The summed E-state index contributed by atoms with van der Waals surface area (Å²) in [5.74, 6) is 0.721. The van der Waals surface area contributed by atoms with Crippen LogP contribution in [0.1, 0.15) is 17.8 Å². The van der Waals surface area contributed by atoms with Crippen LogP contribution < -0.4 is 10.4 Å². The molecule has 0 radical (unpaired) electrons. The monoisotopic (exact) mass is 390 g/mol. The van der Waals surface area contributed by atoms with Gasteiger partial charge in [0.2, 0.25) is 0 Å². The van der Waals surface area contributed by atoms with Crippen LogP contribution in [-0.2, 0) is 0 Å². The Hall–Kier alpha value is -3.19. The molecule has 7 nitrogen and oxygen atoms in total. The van der Waals surface area contributed by atoms with Crippen molar-refractivity contribution in [1.82, 2.24) is 19.3 Å². The first-order chi connectivity index (χ1) is 14.0. The van der Waals surface area contributed by atoms with E-state index < -0.39 is 5.63 Å². The van der Waals surface area contributed by atoms with E-state index in [9.17, 15) is 4.79 Å². The molecule has 0 spiro atoms. The molecular weight excluding hydrogens is 368 g/mol. The number of likely N-dealkylation sites (tertiary alicyclic amines) is 1. The average Bonchev–Trinajstić information content (AvgIpc) is 3.27. The fourth-order valence-electron chi connectivity index (χ4n) is 3.96. The highest BCUT2D eigenvalue weighted by Crippen LogP contribution is 2.26. The van der Waals surface area contributed by atoms with Gasteiger partial charge in [-0.05, 0) is 45.5 Å². The molecule has 1 atom stereocenters.